The minimum Gasteiger partial charge on any atom is -0.508 e. The second-order valence-electron chi connectivity index (χ2n) is 8.37. The van der Waals surface area contributed by atoms with E-state index in [1.165, 1.54) is 31.4 Å². The molecule has 4 nitrogen and oxygen atoms in total. The topological polar surface area (TPSA) is 60.8 Å². The lowest BCUT2D eigenvalue weighted by Gasteiger charge is -2.48. The molecule has 0 aromatic heterocycles. The maximum absolute atomic E-state index is 13.3. The predicted octanol–water partition coefficient (Wildman–Crippen LogP) is 4.96. The van der Waals surface area contributed by atoms with Gasteiger partial charge < -0.3 is 15.1 Å². The number of halogens is 1. The van der Waals surface area contributed by atoms with E-state index in [2.05, 4.69) is 0 Å². The van der Waals surface area contributed by atoms with E-state index >= 15 is 0 Å². The van der Waals surface area contributed by atoms with Gasteiger partial charge in [-0.1, -0.05) is 31.4 Å². The maximum Gasteiger partial charge on any atom is 0.233 e. The van der Waals surface area contributed by atoms with E-state index in [-0.39, 0.29) is 35.5 Å². The summed E-state index contributed by atoms with van der Waals surface area (Å²) in [4.78, 5) is 14.7. The summed E-state index contributed by atoms with van der Waals surface area (Å²) in [5.41, 5.74) is 1.60. The lowest BCUT2D eigenvalue weighted by Crippen LogP contribution is -2.55. The van der Waals surface area contributed by atoms with Crippen molar-refractivity contribution < 1.29 is 19.4 Å². The number of phenolic OH excluding ortho intramolecular Hbond substituents is 1. The van der Waals surface area contributed by atoms with Crippen molar-refractivity contribution in [2.75, 3.05) is 4.90 Å². The summed E-state index contributed by atoms with van der Waals surface area (Å²) in [7, 11) is 0. The van der Waals surface area contributed by atoms with Crippen molar-refractivity contribution in [3.05, 3.63) is 59.9 Å². The molecule has 1 heterocycles. The highest BCUT2D eigenvalue weighted by atomic mass is 19.1. The number of anilines is 1. The van der Waals surface area contributed by atoms with Crippen LogP contribution in [0.5, 0.6) is 5.75 Å². The average Bonchev–Trinajstić information content (AvgIpc) is 2.74. The third kappa shape index (κ3) is 4.15. The van der Waals surface area contributed by atoms with Gasteiger partial charge in [-0.3, -0.25) is 4.79 Å². The number of aliphatic hydroxyl groups excluding tert-OH is 1. The molecule has 0 spiro atoms. The number of carbonyl (C=O) groups is 1. The van der Waals surface area contributed by atoms with Gasteiger partial charge in [-0.2, -0.15) is 0 Å². The fourth-order valence-corrected chi connectivity index (χ4v) is 4.88. The first-order chi connectivity index (χ1) is 14.0. The lowest BCUT2D eigenvalue weighted by atomic mass is 9.76. The zero-order valence-electron chi connectivity index (χ0n) is 16.5. The van der Waals surface area contributed by atoms with Crippen LogP contribution in [0.15, 0.2) is 48.5 Å². The lowest BCUT2D eigenvalue weighted by molar-refractivity contribution is -0.131. The number of nitrogens with zero attached hydrogens (tertiary/aromatic N) is 1. The van der Waals surface area contributed by atoms with Gasteiger partial charge in [0.2, 0.25) is 5.91 Å². The molecule has 2 aliphatic rings. The molecule has 2 N–H and O–H groups in total. The Morgan fingerprint density at radius 3 is 2.31 bits per heavy atom. The summed E-state index contributed by atoms with van der Waals surface area (Å²) >= 11 is 0. The minimum atomic E-state index is -0.358. The molecule has 4 rings (SSSR count). The number of aromatic hydroxyl groups is 1. The van der Waals surface area contributed by atoms with E-state index in [9.17, 15) is 19.4 Å². The third-order valence-electron chi connectivity index (χ3n) is 6.52. The highest BCUT2D eigenvalue weighted by molar-refractivity contribution is 6.03. The van der Waals surface area contributed by atoms with Crippen molar-refractivity contribution in [2.45, 2.75) is 57.1 Å². The number of amides is 1. The smallest absolute Gasteiger partial charge is 0.233 e. The normalized spacial score (nSPS) is 23.7. The molecular weight excluding hydrogens is 369 g/mol. The van der Waals surface area contributed by atoms with Crippen LogP contribution in [0, 0.1) is 17.7 Å². The maximum atomic E-state index is 13.3. The second-order valence-corrected chi connectivity index (χ2v) is 8.37. The van der Waals surface area contributed by atoms with Crippen LogP contribution in [-0.4, -0.2) is 22.2 Å². The number of aliphatic hydroxyl groups is 1. The summed E-state index contributed by atoms with van der Waals surface area (Å²) in [5.74, 6) is -0.0281. The van der Waals surface area contributed by atoms with Gasteiger partial charge in [0.05, 0.1) is 18.1 Å². The first kappa shape index (κ1) is 19.9. The van der Waals surface area contributed by atoms with Crippen molar-refractivity contribution in [3.8, 4) is 5.75 Å². The molecule has 1 aliphatic carbocycles. The van der Waals surface area contributed by atoms with Crippen LogP contribution in [0.2, 0.25) is 0 Å². The van der Waals surface area contributed by atoms with Crippen LogP contribution in [0.25, 0.3) is 0 Å². The molecule has 154 valence electrons. The molecule has 2 aromatic carbocycles. The summed E-state index contributed by atoms with van der Waals surface area (Å²) in [6.45, 7) is 0. The molecule has 1 amide bonds. The number of hydrogen-bond donors (Lipinski definition) is 2. The number of hydrogen-bond acceptors (Lipinski definition) is 3. The zero-order valence-corrected chi connectivity index (χ0v) is 16.5. The molecule has 0 bridgehead atoms. The number of β-lactam (4-membered cyclic amide) rings is 1. The van der Waals surface area contributed by atoms with Gasteiger partial charge >= 0.3 is 0 Å². The SMILES string of the molecule is O=C1[C@H](CC[C@H](O)C2CCCCC2)[C@@H](c2ccc(O)cc2)N1c1ccc(F)cc1. The van der Waals surface area contributed by atoms with Crippen molar-refractivity contribution in [1.29, 1.82) is 0 Å². The summed E-state index contributed by atoms with van der Waals surface area (Å²) in [5, 5.41) is 20.3. The van der Waals surface area contributed by atoms with E-state index in [1.807, 2.05) is 12.1 Å². The Labute approximate surface area is 171 Å². The molecule has 1 saturated carbocycles. The Morgan fingerprint density at radius 1 is 1.00 bits per heavy atom. The molecule has 1 aliphatic heterocycles. The van der Waals surface area contributed by atoms with Crippen LogP contribution >= 0.6 is 0 Å². The largest absolute Gasteiger partial charge is 0.508 e. The molecule has 2 fully saturated rings. The van der Waals surface area contributed by atoms with Gasteiger partial charge in [0.15, 0.2) is 0 Å². The van der Waals surface area contributed by atoms with Gasteiger partial charge in [0, 0.05) is 5.69 Å². The van der Waals surface area contributed by atoms with Crippen LogP contribution in [0.4, 0.5) is 10.1 Å². The number of benzene rings is 2. The highest BCUT2D eigenvalue weighted by Crippen LogP contribution is 2.46. The minimum absolute atomic E-state index is 0.00512. The van der Waals surface area contributed by atoms with Crippen molar-refractivity contribution in [1.82, 2.24) is 0 Å². The molecule has 0 radical (unpaired) electrons. The number of carbonyl (C=O) groups excluding carboxylic acids is 1. The van der Waals surface area contributed by atoms with Crippen LogP contribution in [0.1, 0.15) is 56.6 Å². The second kappa shape index (κ2) is 8.54. The Hall–Kier alpha value is -2.40. The number of phenols is 1. The van der Waals surface area contributed by atoms with Gasteiger partial charge in [-0.05, 0) is 73.6 Å². The zero-order chi connectivity index (χ0) is 20.4. The van der Waals surface area contributed by atoms with E-state index in [0.717, 1.165) is 18.4 Å². The Balaban J connectivity index is 1.51. The van der Waals surface area contributed by atoms with Crippen molar-refractivity contribution in [2.24, 2.45) is 11.8 Å². The average molecular weight is 397 g/mol. The van der Waals surface area contributed by atoms with Gasteiger partial charge in [-0.15, -0.1) is 0 Å². The Kier molecular flexibility index (Phi) is 5.86. The summed E-state index contributed by atoms with van der Waals surface area (Å²) in [6, 6.07) is 12.7. The quantitative estimate of drug-likeness (QED) is 0.678. The molecule has 3 atom stereocenters. The van der Waals surface area contributed by atoms with E-state index in [0.29, 0.717) is 24.4 Å². The molecule has 1 saturated heterocycles. The molecular formula is C24H28FNO3. The first-order valence-corrected chi connectivity index (χ1v) is 10.6. The standard InChI is InChI=1S/C24H28FNO3/c25-18-8-10-19(11-9-18)26-23(17-6-12-20(27)13-7-17)21(24(26)29)14-15-22(28)16-4-2-1-3-5-16/h6-13,16,21-23,27-28H,1-5,14-15H2/t21-,22+,23-/m1/s1. The molecule has 0 unspecified atom stereocenters. The van der Waals surface area contributed by atoms with Crippen LogP contribution < -0.4 is 4.90 Å². The van der Waals surface area contributed by atoms with Crippen molar-refractivity contribution >= 4 is 11.6 Å². The number of rotatable bonds is 6. The van der Waals surface area contributed by atoms with Crippen LogP contribution in [-0.2, 0) is 4.79 Å². The first-order valence-electron chi connectivity index (χ1n) is 10.6. The Morgan fingerprint density at radius 2 is 1.66 bits per heavy atom. The highest BCUT2D eigenvalue weighted by Gasteiger charge is 2.48. The summed E-state index contributed by atoms with van der Waals surface area (Å²) in [6.07, 6.45) is 6.64. The van der Waals surface area contributed by atoms with Gasteiger partial charge in [0.25, 0.3) is 0 Å². The molecule has 2 aromatic rings. The summed E-state index contributed by atoms with van der Waals surface area (Å²) < 4.78 is 13.3. The van der Waals surface area contributed by atoms with Gasteiger partial charge in [-0.25, -0.2) is 4.39 Å². The van der Waals surface area contributed by atoms with E-state index in [1.54, 1.807) is 29.2 Å². The van der Waals surface area contributed by atoms with Crippen molar-refractivity contribution in [3.63, 3.8) is 0 Å². The monoisotopic (exact) mass is 397 g/mol. The Bertz CT molecular complexity index is 830. The van der Waals surface area contributed by atoms with E-state index < -0.39 is 0 Å². The van der Waals surface area contributed by atoms with Crippen LogP contribution in [0.3, 0.4) is 0 Å². The molecule has 29 heavy (non-hydrogen) atoms. The predicted molar refractivity (Wildman–Crippen MR) is 110 cm³/mol. The fourth-order valence-electron chi connectivity index (χ4n) is 4.88. The fraction of sp³-hybridized carbons (Fsp3) is 0.458. The van der Waals surface area contributed by atoms with Gasteiger partial charge in [0.1, 0.15) is 11.6 Å². The van der Waals surface area contributed by atoms with E-state index in [4.69, 9.17) is 0 Å². The third-order valence-corrected chi connectivity index (χ3v) is 6.52. The molecule has 5 heteroatoms.